The van der Waals surface area contributed by atoms with Gasteiger partial charge in [0, 0.05) is 17.3 Å². The van der Waals surface area contributed by atoms with Gasteiger partial charge in [0.05, 0.1) is 11.2 Å². The summed E-state index contributed by atoms with van der Waals surface area (Å²) in [5, 5.41) is 1.25. The number of hydrogen-bond donors (Lipinski definition) is 1. The van der Waals surface area contributed by atoms with E-state index in [2.05, 4.69) is 54.2 Å². The normalized spacial score (nSPS) is 11.5. The van der Waals surface area contributed by atoms with Crippen molar-refractivity contribution in [2.75, 3.05) is 0 Å². The van der Waals surface area contributed by atoms with Crippen molar-refractivity contribution in [3.8, 4) is 0 Å². The maximum absolute atomic E-state index is 4.46. The SMILES string of the molecule is Cc1[nH]c2c(/C=C/c3ccccc3)nccc2c1C. The molecule has 0 amide bonds. The van der Waals surface area contributed by atoms with Crippen LogP contribution in [0.4, 0.5) is 0 Å². The highest BCUT2D eigenvalue weighted by Gasteiger charge is 2.06. The zero-order chi connectivity index (χ0) is 13.2. The van der Waals surface area contributed by atoms with E-state index in [1.54, 1.807) is 0 Å². The number of nitrogens with zero attached hydrogens (tertiary/aromatic N) is 1. The molecule has 94 valence electrons. The van der Waals surface area contributed by atoms with Crippen LogP contribution < -0.4 is 0 Å². The Morgan fingerprint density at radius 2 is 1.79 bits per heavy atom. The number of hydrogen-bond acceptors (Lipinski definition) is 1. The van der Waals surface area contributed by atoms with Gasteiger partial charge >= 0.3 is 0 Å². The van der Waals surface area contributed by atoms with Crippen LogP contribution in [0.2, 0.25) is 0 Å². The van der Waals surface area contributed by atoms with E-state index in [1.165, 1.54) is 22.2 Å². The summed E-state index contributed by atoms with van der Waals surface area (Å²) in [6.45, 7) is 4.23. The monoisotopic (exact) mass is 248 g/mol. The minimum atomic E-state index is 0.984. The number of pyridine rings is 1. The van der Waals surface area contributed by atoms with Gasteiger partial charge in [-0.15, -0.1) is 0 Å². The van der Waals surface area contributed by atoms with Crippen molar-refractivity contribution in [1.29, 1.82) is 0 Å². The van der Waals surface area contributed by atoms with E-state index in [1.807, 2.05) is 24.4 Å². The average Bonchev–Trinajstić information content (AvgIpc) is 2.74. The van der Waals surface area contributed by atoms with Gasteiger partial charge in [0.15, 0.2) is 0 Å². The van der Waals surface area contributed by atoms with Gasteiger partial charge in [-0.25, -0.2) is 0 Å². The first-order valence-corrected chi connectivity index (χ1v) is 6.43. The summed E-state index contributed by atoms with van der Waals surface area (Å²) in [7, 11) is 0. The Morgan fingerprint density at radius 1 is 1.00 bits per heavy atom. The predicted octanol–water partition coefficient (Wildman–Crippen LogP) is 4.35. The molecule has 0 aliphatic rings. The van der Waals surface area contributed by atoms with Crippen molar-refractivity contribution in [2.24, 2.45) is 0 Å². The quantitative estimate of drug-likeness (QED) is 0.717. The Labute approximate surface area is 112 Å². The van der Waals surface area contributed by atoms with Crippen LogP contribution in [-0.4, -0.2) is 9.97 Å². The van der Waals surface area contributed by atoms with E-state index in [0.29, 0.717) is 0 Å². The Hall–Kier alpha value is -2.35. The second-order valence-electron chi connectivity index (χ2n) is 4.74. The molecule has 0 fully saturated rings. The van der Waals surface area contributed by atoms with Gasteiger partial charge < -0.3 is 4.98 Å². The summed E-state index contributed by atoms with van der Waals surface area (Å²) < 4.78 is 0. The second-order valence-corrected chi connectivity index (χ2v) is 4.74. The summed E-state index contributed by atoms with van der Waals surface area (Å²) in [6.07, 6.45) is 6.02. The lowest BCUT2D eigenvalue weighted by atomic mass is 10.1. The molecule has 2 aromatic heterocycles. The molecule has 2 heterocycles. The number of H-pyrrole nitrogens is 1. The van der Waals surface area contributed by atoms with Crippen LogP contribution in [0.5, 0.6) is 0 Å². The summed E-state index contributed by atoms with van der Waals surface area (Å²) in [5.74, 6) is 0. The zero-order valence-corrected chi connectivity index (χ0v) is 11.1. The molecule has 1 aromatic carbocycles. The first-order valence-electron chi connectivity index (χ1n) is 6.43. The highest BCUT2D eigenvalue weighted by atomic mass is 14.8. The molecule has 3 rings (SSSR count). The molecule has 2 heteroatoms. The van der Waals surface area contributed by atoms with Gasteiger partial charge in [0.1, 0.15) is 0 Å². The average molecular weight is 248 g/mol. The van der Waals surface area contributed by atoms with E-state index in [4.69, 9.17) is 0 Å². The molecular weight excluding hydrogens is 232 g/mol. The van der Waals surface area contributed by atoms with Crippen LogP contribution in [0.1, 0.15) is 22.5 Å². The van der Waals surface area contributed by atoms with E-state index < -0.39 is 0 Å². The predicted molar refractivity (Wildman–Crippen MR) is 80.9 cm³/mol. The largest absolute Gasteiger partial charge is 0.357 e. The standard InChI is InChI=1S/C17H16N2/c1-12-13(2)19-17-15(12)10-11-18-16(17)9-8-14-6-4-3-5-7-14/h3-11,19H,1-2H3/b9-8+. The number of rotatable bonds is 2. The molecule has 1 N–H and O–H groups in total. The molecule has 19 heavy (non-hydrogen) atoms. The summed E-state index contributed by atoms with van der Waals surface area (Å²) in [4.78, 5) is 7.88. The van der Waals surface area contributed by atoms with Crippen molar-refractivity contribution in [1.82, 2.24) is 9.97 Å². The minimum absolute atomic E-state index is 0.984. The van der Waals surface area contributed by atoms with Crippen molar-refractivity contribution in [2.45, 2.75) is 13.8 Å². The molecule has 0 bridgehead atoms. The Kier molecular flexibility index (Phi) is 2.92. The number of fused-ring (bicyclic) bond motifs is 1. The molecule has 0 unspecified atom stereocenters. The van der Waals surface area contributed by atoms with Crippen molar-refractivity contribution in [3.05, 3.63) is 65.1 Å². The Bertz CT molecular complexity index is 737. The molecule has 0 aliphatic carbocycles. The van der Waals surface area contributed by atoms with Gasteiger partial charge in [0.2, 0.25) is 0 Å². The molecule has 0 saturated carbocycles. The fraction of sp³-hybridized carbons (Fsp3) is 0.118. The topological polar surface area (TPSA) is 28.7 Å². The van der Waals surface area contributed by atoms with Crippen LogP contribution in [0.3, 0.4) is 0 Å². The van der Waals surface area contributed by atoms with Crippen molar-refractivity contribution in [3.63, 3.8) is 0 Å². The number of aromatic amines is 1. The van der Waals surface area contributed by atoms with Crippen LogP contribution in [0, 0.1) is 13.8 Å². The molecule has 0 radical (unpaired) electrons. The van der Waals surface area contributed by atoms with Crippen LogP contribution in [-0.2, 0) is 0 Å². The smallest absolute Gasteiger partial charge is 0.0870 e. The lowest BCUT2D eigenvalue weighted by Gasteiger charge is -1.97. The number of aromatic nitrogens is 2. The maximum atomic E-state index is 4.46. The molecule has 3 aromatic rings. The molecule has 0 spiro atoms. The van der Waals surface area contributed by atoms with Gasteiger partial charge in [-0.05, 0) is 37.1 Å². The molecule has 0 aliphatic heterocycles. The van der Waals surface area contributed by atoms with Crippen LogP contribution >= 0.6 is 0 Å². The fourth-order valence-electron chi connectivity index (χ4n) is 2.27. The first kappa shape index (κ1) is 11.7. The highest BCUT2D eigenvalue weighted by molar-refractivity contribution is 5.91. The fourth-order valence-corrected chi connectivity index (χ4v) is 2.27. The molecular formula is C17H16N2. The third kappa shape index (κ3) is 2.17. The van der Waals surface area contributed by atoms with Crippen LogP contribution in [0.25, 0.3) is 23.1 Å². The van der Waals surface area contributed by atoms with Gasteiger partial charge in [-0.3, -0.25) is 4.98 Å². The lowest BCUT2D eigenvalue weighted by Crippen LogP contribution is -1.82. The number of nitrogens with one attached hydrogen (secondary N) is 1. The molecule has 0 atom stereocenters. The molecule has 2 nitrogen and oxygen atoms in total. The third-order valence-electron chi connectivity index (χ3n) is 3.49. The zero-order valence-electron chi connectivity index (χ0n) is 11.1. The van der Waals surface area contributed by atoms with E-state index >= 15 is 0 Å². The summed E-state index contributed by atoms with van der Waals surface area (Å²) >= 11 is 0. The number of aryl methyl sites for hydroxylation is 2. The van der Waals surface area contributed by atoms with E-state index in [9.17, 15) is 0 Å². The number of benzene rings is 1. The molecule has 0 saturated heterocycles. The van der Waals surface area contributed by atoms with E-state index in [-0.39, 0.29) is 0 Å². The first-order chi connectivity index (χ1) is 9.25. The van der Waals surface area contributed by atoms with Gasteiger partial charge in [0.25, 0.3) is 0 Å². The third-order valence-corrected chi connectivity index (χ3v) is 3.49. The van der Waals surface area contributed by atoms with Crippen LogP contribution in [0.15, 0.2) is 42.6 Å². The van der Waals surface area contributed by atoms with Crippen molar-refractivity contribution < 1.29 is 0 Å². The van der Waals surface area contributed by atoms with E-state index in [0.717, 1.165) is 11.2 Å². The van der Waals surface area contributed by atoms with Crippen molar-refractivity contribution >= 4 is 23.1 Å². The summed E-state index contributed by atoms with van der Waals surface area (Å²) in [5.41, 5.74) is 5.78. The summed E-state index contributed by atoms with van der Waals surface area (Å²) in [6, 6.07) is 12.3. The Balaban J connectivity index is 2.06. The minimum Gasteiger partial charge on any atom is -0.357 e. The second kappa shape index (κ2) is 4.73. The Morgan fingerprint density at radius 3 is 2.58 bits per heavy atom. The maximum Gasteiger partial charge on any atom is 0.0870 e. The van der Waals surface area contributed by atoms with Gasteiger partial charge in [-0.1, -0.05) is 36.4 Å². The highest BCUT2D eigenvalue weighted by Crippen LogP contribution is 2.23. The van der Waals surface area contributed by atoms with Gasteiger partial charge in [-0.2, -0.15) is 0 Å². The lowest BCUT2D eigenvalue weighted by molar-refractivity contribution is 1.24.